The number of aromatic nitrogens is 1. The summed E-state index contributed by atoms with van der Waals surface area (Å²) in [5.41, 5.74) is 6.26. The number of carbonyl (C=O) groups is 1. The van der Waals surface area contributed by atoms with Crippen LogP contribution in [0.4, 0.5) is 0 Å². The van der Waals surface area contributed by atoms with Crippen molar-refractivity contribution in [3.63, 3.8) is 0 Å². The third-order valence-electron chi connectivity index (χ3n) is 8.72. The third-order valence-corrected chi connectivity index (χ3v) is 8.72. The van der Waals surface area contributed by atoms with E-state index in [0.29, 0.717) is 23.1 Å². The lowest BCUT2D eigenvalue weighted by atomic mass is 9.74. The first-order valence-electron chi connectivity index (χ1n) is 13.9. The molecule has 4 unspecified atom stereocenters. The Morgan fingerprint density at radius 2 is 1.71 bits per heavy atom. The highest BCUT2D eigenvalue weighted by Gasteiger charge is 2.49. The fourth-order valence-electron chi connectivity index (χ4n) is 7.16. The summed E-state index contributed by atoms with van der Waals surface area (Å²) >= 11 is 0. The largest absolute Gasteiger partial charge is 0.352 e. The van der Waals surface area contributed by atoms with E-state index in [1.54, 1.807) is 33.4 Å². The number of pyridine rings is 1. The lowest BCUT2D eigenvalue weighted by Crippen LogP contribution is -2.68. The molecule has 1 aromatic heterocycles. The van der Waals surface area contributed by atoms with Gasteiger partial charge in [0.25, 0.3) is 5.91 Å². The minimum Gasteiger partial charge on any atom is -0.352 e. The van der Waals surface area contributed by atoms with E-state index in [1.165, 1.54) is 22.3 Å². The van der Waals surface area contributed by atoms with Gasteiger partial charge in [-0.05, 0) is 75.0 Å². The number of hydrogen-bond donors (Lipinski definition) is 0. The number of ether oxygens (including phenoxy) is 2. The summed E-state index contributed by atoms with van der Waals surface area (Å²) in [5.74, 6) is 0.826. The Hall–Kier alpha value is -2.90. The van der Waals surface area contributed by atoms with Crippen molar-refractivity contribution >= 4 is 5.91 Å². The molecule has 2 aromatic rings. The molecule has 204 valence electrons. The van der Waals surface area contributed by atoms with Crippen LogP contribution in [0.3, 0.4) is 0 Å². The van der Waals surface area contributed by atoms with Crippen molar-refractivity contribution in [2.75, 3.05) is 19.2 Å². The Kier molecular flexibility index (Phi) is 7.27. The lowest BCUT2D eigenvalue weighted by Gasteiger charge is -2.54. The van der Waals surface area contributed by atoms with E-state index in [1.807, 2.05) is 23.4 Å². The Morgan fingerprint density at radius 3 is 2.39 bits per heavy atom. The first-order valence-corrected chi connectivity index (χ1v) is 13.9. The third kappa shape index (κ3) is 4.20. The van der Waals surface area contributed by atoms with Gasteiger partial charge in [0.1, 0.15) is 5.69 Å². The highest BCUT2D eigenvalue weighted by atomic mass is 16.7. The normalized spacial score (nSPS) is 25.4. The predicted octanol–water partition coefficient (Wildman–Crippen LogP) is 4.95. The molecule has 0 bridgehead atoms. The number of fused-ring (bicyclic) bond motifs is 2. The minimum absolute atomic E-state index is 0.136. The van der Waals surface area contributed by atoms with Crippen molar-refractivity contribution in [2.24, 2.45) is 11.8 Å². The van der Waals surface area contributed by atoms with E-state index in [0.717, 1.165) is 25.7 Å². The monoisotopic (exact) mass is 519 g/mol. The molecule has 38 heavy (non-hydrogen) atoms. The molecule has 2 aliphatic carbocycles. The second kappa shape index (κ2) is 10.3. The zero-order valence-electron chi connectivity index (χ0n) is 23.7. The van der Waals surface area contributed by atoms with E-state index in [9.17, 15) is 9.59 Å². The Labute approximate surface area is 226 Å². The van der Waals surface area contributed by atoms with Crippen molar-refractivity contribution in [1.82, 2.24) is 9.58 Å². The quantitative estimate of drug-likeness (QED) is 0.413. The number of benzene rings is 1. The van der Waals surface area contributed by atoms with Crippen molar-refractivity contribution in [3.05, 3.63) is 80.3 Å². The van der Waals surface area contributed by atoms with Crippen LogP contribution in [0, 0.1) is 18.8 Å². The lowest BCUT2D eigenvalue weighted by molar-refractivity contribution is -0.153. The van der Waals surface area contributed by atoms with Gasteiger partial charge in [-0.3, -0.25) is 19.3 Å². The summed E-state index contributed by atoms with van der Waals surface area (Å²) < 4.78 is 13.7. The zero-order chi connectivity index (χ0) is 27.3. The van der Waals surface area contributed by atoms with Crippen LogP contribution in [-0.2, 0) is 15.9 Å². The second-order valence-electron chi connectivity index (χ2n) is 11.5. The molecule has 0 radical (unpaired) electrons. The van der Waals surface area contributed by atoms with Crippen LogP contribution in [0.25, 0.3) is 0 Å². The first-order chi connectivity index (χ1) is 18.2. The number of allylic oxidation sites excluding steroid dienone is 1. The summed E-state index contributed by atoms with van der Waals surface area (Å²) in [7, 11) is 3.25. The average Bonchev–Trinajstić information content (AvgIpc) is 3.04. The Balaban J connectivity index is 1.87. The maximum absolute atomic E-state index is 14.1. The van der Waals surface area contributed by atoms with Crippen LogP contribution >= 0.6 is 0 Å². The van der Waals surface area contributed by atoms with Gasteiger partial charge in [-0.25, -0.2) is 0 Å². The van der Waals surface area contributed by atoms with Crippen molar-refractivity contribution in [3.8, 4) is 0 Å². The Morgan fingerprint density at radius 1 is 1.00 bits per heavy atom. The van der Waals surface area contributed by atoms with Gasteiger partial charge >= 0.3 is 0 Å². The molecule has 0 fully saturated rings. The van der Waals surface area contributed by atoms with Gasteiger partial charge < -0.3 is 14.4 Å². The second-order valence-corrected chi connectivity index (χ2v) is 11.5. The molecule has 0 N–H and O–H groups in total. The molecule has 3 aliphatic rings. The summed E-state index contributed by atoms with van der Waals surface area (Å²) in [6.45, 7) is 10.5. The van der Waals surface area contributed by atoms with E-state index in [-0.39, 0.29) is 23.4 Å². The number of carbonyl (C=O) groups excluding carboxylic acids is 1. The van der Waals surface area contributed by atoms with Crippen molar-refractivity contribution in [2.45, 2.75) is 84.8 Å². The van der Waals surface area contributed by atoms with Crippen molar-refractivity contribution in [1.29, 1.82) is 0 Å². The summed E-state index contributed by atoms with van der Waals surface area (Å²) in [6.07, 6.45) is 4.75. The van der Waals surface area contributed by atoms with Gasteiger partial charge in [-0.2, -0.15) is 0 Å². The number of hydrogen-bond acceptors (Lipinski definition) is 5. The molecule has 1 aliphatic heterocycles. The smallest absolute Gasteiger partial charge is 0.274 e. The van der Waals surface area contributed by atoms with E-state index >= 15 is 0 Å². The zero-order valence-corrected chi connectivity index (χ0v) is 23.7. The van der Waals surface area contributed by atoms with Gasteiger partial charge in [0, 0.05) is 38.1 Å². The molecule has 1 amide bonds. The molecular formula is C31H41N3O4. The van der Waals surface area contributed by atoms with Gasteiger partial charge in [0.2, 0.25) is 0 Å². The summed E-state index contributed by atoms with van der Waals surface area (Å²) in [6, 6.07) is 9.98. The van der Waals surface area contributed by atoms with Crippen LogP contribution in [0.2, 0.25) is 0 Å². The SMILES string of the molecule is COC(OC)C1N(C(C)C)C(=O)c2c(C)c(=O)ccn2N1C1C2=C(CCc3ccccc31)CC(C)CC2C. The number of amides is 1. The molecular weight excluding hydrogens is 478 g/mol. The number of methoxy groups -OCH3 is 2. The first kappa shape index (κ1) is 26.7. The van der Waals surface area contributed by atoms with Crippen LogP contribution < -0.4 is 10.4 Å². The molecule has 2 heterocycles. The molecule has 5 rings (SSSR count). The maximum Gasteiger partial charge on any atom is 0.274 e. The topological polar surface area (TPSA) is 64.0 Å². The molecule has 0 saturated carbocycles. The summed E-state index contributed by atoms with van der Waals surface area (Å²) in [4.78, 5) is 28.8. The van der Waals surface area contributed by atoms with E-state index in [4.69, 9.17) is 9.47 Å². The molecule has 0 spiro atoms. The molecule has 7 heteroatoms. The van der Waals surface area contributed by atoms with Crippen LogP contribution in [0.15, 0.2) is 52.5 Å². The van der Waals surface area contributed by atoms with Gasteiger partial charge in [-0.15, -0.1) is 0 Å². The predicted molar refractivity (Wildman–Crippen MR) is 149 cm³/mol. The van der Waals surface area contributed by atoms with E-state index < -0.39 is 12.5 Å². The fourth-order valence-corrected chi connectivity index (χ4v) is 7.16. The van der Waals surface area contributed by atoms with Crippen LogP contribution in [0.1, 0.15) is 80.2 Å². The maximum atomic E-state index is 14.1. The highest BCUT2D eigenvalue weighted by Crippen LogP contribution is 2.48. The molecule has 7 nitrogen and oxygen atoms in total. The number of nitrogens with zero attached hydrogens (tertiary/aromatic N) is 3. The van der Waals surface area contributed by atoms with Gasteiger partial charge in [0.15, 0.2) is 17.9 Å². The average molecular weight is 520 g/mol. The number of rotatable bonds is 5. The van der Waals surface area contributed by atoms with Crippen LogP contribution in [0.5, 0.6) is 0 Å². The highest BCUT2D eigenvalue weighted by molar-refractivity contribution is 5.95. The molecule has 0 saturated heterocycles. The Bertz CT molecular complexity index is 1310. The van der Waals surface area contributed by atoms with Crippen molar-refractivity contribution < 1.29 is 14.3 Å². The van der Waals surface area contributed by atoms with Gasteiger partial charge in [0.05, 0.1) is 6.04 Å². The fraction of sp³-hybridized carbons (Fsp3) is 0.548. The van der Waals surface area contributed by atoms with E-state index in [2.05, 4.69) is 43.1 Å². The van der Waals surface area contributed by atoms with Crippen LogP contribution in [-0.4, -0.2) is 48.2 Å². The number of aryl methyl sites for hydroxylation is 1. The van der Waals surface area contributed by atoms with Gasteiger partial charge in [-0.1, -0.05) is 43.7 Å². The summed E-state index contributed by atoms with van der Waals surface area (Å²) in [5, 5.41) is 2.27. The standard InChI is InChI=1S/C31H41N3O4/c1-18(2)33-29(31(37-6)38-7)34(32-15-14-25(35)21(5)27(32)30(33)36)28-24-11-9-8-10-22(24)12-13-23-17-19(3)16-20(4)26(23)28/h8-11,14-15,18-20,28-29,31H,12-13,16-17H2,1-7H3. The molecule has 1 aromatic carbocycles. The molecule has 4 atom stereocenters. The minimum atomic E-state index is -0.702.